The van der Waals surface area contributed by atoms with Crippen LogP contribution in [0, 0.1) is 5.92 Å². The van der Waals surface area contributed by atoms with E-state index in [1.165, 1.54) is 12.8 Å². The van der Waals surface area contributed by atoms with Crippen LogP contribution in [0.4, 0.5) is 0 Å². The first kappa shape index (κ1) is 16.6. The highest BCUT2D eigenvalue weighted by Crippen LogP contribution is 2.19. The average Bonchev–Trinajstić information content (AvgIpc) is 2.34. The fourth-order valence-corrected chi connectivity index (χ4v) is 3.32. The summed E-state index contributed by atoms with van der Waals surface area (Å²) in [7, 11) is -3.17. The Kier molecular flexibility index (Phi) is 5.99. The topological polar surface area (TPSA) is 63.2 Å². The highest BCUT2D eigenvalue weighted by Gasteiger charge is 2.29. The summed E-state index contributed by atoms with van der Waals surface area (Å²) in [4.78, 5) is 11.8. The largest absolute Gasteiger partial charge is 0.316 e. The number of ketones is 1. The minimum Gasteiger partial charge on any atom is -0.316 e. The third-order valence-corrected chi connectivity index (χ3v) is 6.42. The third kappa shape index (κ3) is 5.61. The van der Waals surface area contributed by atoms with Crippen molar-refractivity contribution in [2.45, 2.75) is 57.6 Å². The molecular weight excluding hydrogens is 262 g/mol. The molecule has 0 spiro atoms. The van der Waals surface area contributed by atoms with Gasteiger partial charge < -0.3 is 5.32 Å². The molecule has 0 bridgehead atoms. The molecule has 1 aliphatic heterocycles. The van der Waals surface area contributed by atoms with Crippen molar-refractivity contribution in [1.82, 2.24) is 5.32 Å². The van der Waals surface area contributed by atoms with E-state index in [0.29, 0.717) is 12.3 Å². The molecule has 0 aromatic carbocycles. The van der Waals surface area contributed by atoms with Crippen molar-refractivity contribution in [2.24, 2.45) is 5.92 Å². The molecule has 1 rings (SSSR count). The molecular formula is C14H27NO3S. The quantitative estimate of drug-likeness (QED) is 0.811. The molecule has 1 N–H and O–H groups in total. The standard InChI is InChI=1S/C14H27NO3S/c1-14(2,3)19(17,18)10-8-13(16)7-6-12-5-4-9-15-11-12/h12,15H,4-11H2,1-3H3. The summed E-state index contributed by atoms with van der Waals surface area (Å²) >= 11 is 0. The first-order chi connectivity index (χ1) is 8.72. The monoisotopic (exact) mass is 289 g/mol. The maximum absolute atomic E-state index is 11.9. The van der Waals surface area contributed by atoms with Gasteiger partial charge >= 0.3 is 0 Å². The molecule has 1 saturated heterocycles. The molecule has 0 aromatic heterocycles. The van der Waals surface area contributed by atoms with Crippen molar-refractivity contribution >= 4 is 15.6 Å². The predicted molar refractivity (Wildman–Crippen MR) is 78.0 cm³/mol. The van der Waals surface area contributed by atoms with E-state index in [0.717, 1.165) is 19.5 Å². The number of rotatable bonds is 6. The second-order valence-corrected chi connectivity index (χ2v) is 9.33. The van der Waals surface area contributed by atoms with E-state index in [9.17, 15) is 13.2 Å². The Morgan fingerprint density at radius 1 is 1.26 bits per heavy atom. The Morgan fingerprint density at radius 2 is 1.95 bits per heavy atom. The fraction of sp³-hybridized carbons (Fsp3) is 0.929. The Balaban J connectivity index is 2.28. The third-order valence-electron chi connectivity index (χ3n) is 3.81. The summed E-state index contributed by atoms with van der Waals surface area (Å²) in [6, 6.07) is 0. The lowest BCUT2D eigenvalue weighted by atomic mass is 9.93. The molecule has 19 heavy (non-hydrogen) atoms. The minimum atomic E-state index is -3.17. The Bertz CT molecular complexity index is 389. The maximum Gasteiger partial charge on any atom is 0.155 e. The Hall–Kier alpha value is -0.420. The molecule has 112 valence electrons. The number of carbonyl (C=O) groups is 1. The van der Waals surface area contributed by atoms with Gasteiger partial charge in [-0.25, -0.2) is 8.42 Å². The number of piperidine rings is 1. The van der Waals surface area contributed by atoms with Crippen LogP contribution in [-0.2, 0) is 14.6 Å². The van der Waals surface area contributed by atoms with Crippen LogP contribution in [0.3, 0.4) is 0 Å². The first-order valence-corrected chi connectivity index (χ1v) is 8.82. The van der Waals surface area contributed by atoms with E-state index >= 15 is 0 Å². The number of nitrogens with one attached hydrogen (secondary N) is 1. The second kappa shape index (κ2) is 6.84. The molecule has 1 atom stereocenters. The van der Waals surface area contributed by atoms with Crippen LogP contribution in [0.2, 0.25) is 0 Å². The zero-order valence-corrected chi connectivity index (χ0v) is 13.2. The average molecular weight is 289 g/mol. The maximum atomic E-state index is 11.9. The number of sulfone groups is 1. The number of carbonyl (C=O) groups excluding carboxylic acids is 1. The number of hydrogen-bond acceptors (Lipinski definition) is 4. The van der Waals surface area contributed by atoms with Crippen LogP contribution in [0.15, 0.2) is 0 Å². The highest BCUT2D eigenvalue weighted by atomic mass is 32.2. The number of Topliss-reactive ketones (excluding diaryl/α,β-unsaturated/α-hetero) is 1. The molecule has 0 aromatic rings. The van der Waals surface area contributed by atoms with Crippen molar-refractivity contribution in [3.05, 3.63) is 0 Å². The minimum absolute atomic E-state index is 0.0156. The number of hydrogen-bond donors (Lipinski definition) is 1. The van der Waals surface area contributed by atoms with Gasteiger partial charge in [-0.1, -0.05) is 0 Å². The summed E-state index contributed by atoms with van der Waals surface area (Å²) in [6.45, 7) is 7.11. The van der Waals surface area contributed by atoms with Crippen LogP contribution < -0.4 is 5.32 Å². The van der Waals surface area contributed by atoms with Gasteiger partial charge in [0.2, 0.25) is 0 Å². The van der Waals surface area contributed by atoms with Gasteiger partial charge in [0, 0.05) is 12.8 Å². The summed E-state index contributed by atoms with van der Waals surface area (Å²) in [5.74, 6) is 0.647. The van der Waals surface area contributed by atoms with Crippen LogP contribution in [0.1, 0.15) is 52.9 Å². The lowest BCUT2D eigenvalue weighted by Crippen LogP contribution is -2.31. The van der Waals surface area contributed by atoms with E-state index in [1.807, 2.05) is 0 Å². The molecule has 1 fully saturated rings. The molecule has 1 unspecified atom stereocenters. The van der Waals surface area contributed by atoms with Crippen LogP contribution in [-0.4, -0.2) is 37.8 Å². The van der Waals surface area contributed by atoms with Gasteiger partial charge in [0.05, 0.1) is 10.5 Å². The smallest absolute Gasteiger partial charge is 0.155 e. The van der Waals surface area contributed by atoms with Crippen LogP contribution in [0.5, 0.6) is 0 Å². The van der Waals surface area contributed by atoms with Crippen LogP contribution >= 0.6 is 0 Å². The molecule has 0 aliphatic carbocycles. The zero-order valence-electron chi connectivity index (χ0n) is 12.4. The first-order valence-electron chi connectivity index (χ1n) is 7.17. The van der Waals surface area contributed by atoms with Crippen LogP contribution in [0.25, 0.3) is 0 Å². The Morgan fingerprint density at radius 3 is 2.47 bits per heavy atom. The van der Waals surface area contributed by atoms with Gasteiger partial charge in [-0.15, -0.1) is 0 Å². The lowest BCUT2D eigenvalue weighted by Gasteiger charge is -2.22. The molecule has 0 radical (unpaired) electrons. The Labute approximate surface area is 117 Å². The normalized spacial score (nSPS) is 21.3. The van der Waals surface area contributed by atoms with Crippen molar-refractivity contribution in [1.29, 1.82) is 0 Å². The SMILES string of the molecule is CC(C)(C)S(=O)(=O)CCC(=O)CCC1CCCNC1. The summed E-state index contributed by atoms with van der Waals surface area (Å²) in [5.41, 5.74) is 0. The van der Waals surface area contributed by atoms with Crippen molar-refractivity contribution in [3.8, 4) is 0 Å². The van der Waals surface area contributed by atoms with E-state index in [1.54, 1.807) is 20.8 Å². The highest BCUT2D eigenvalue weighted by molar-refractivity contribution is 7.92. The van der Waals surface area contributed by atoms with E-state index in [-0.39, 0.29) is 18.0 Å². The molecule has 0 amide bonds. The van der Waals surface area contributed by atoms with Crippen molar-refractivity contribution < 1.29 is 13.2 Å². The van der Waals surface area contributed by atoms with E-state index < -0.39 is 14.6 Å². The van der Waals surface area contributed by atoms with Crippen molar-refractivity contribution in [3.63, 3.8) is 0 Å². The van der Waals surface area contributed by atoms with E-state index in [2.05, 4.69) is 5.32 Å². The summed E-state index contributed by atoms with van der Waals surface area (Å²) in [6.07, 6.45) is 3.94. The van der Waals surface area contributed by atoms with Gasteiger partial charge in [0.15, 0.2) is 9.84 Å². The molecule has 5 heteroatoms. The van der Waals surface area contributed by atoms with E-state index in [4.69, 9.17) is 0 Å². The van der Waals surface area contributed by atoms with Gasteiger partial charge in [-0.3, -0.25) is 4.79 Å². The van der Waals surface area contributed by atoms with Gasteiger partial charge in [0.1, 0.15) is 5.78 Å². The fourth-order valence-electron chi connectivity index (χ4n) is 2.21. The predicted octanol–water partition coefficient (Wildman–Crippen LogP) is 1.94. The molecule has 1 heterocycles. The zero-order chi connectivity index (χ0) is 14.5. The summed E-state index contributed by atoms with van der Waals surface area (Å²) in [5, 5.41) is 3.33. The molecule has 0 saturated carbocycles. The van der Waals surface area contributed by atoms with Gasteiger partial charge in [-0.2, -0.15) is 0 Å². The molecule has 1 aliphatic rings. The van der Waals surface area contributed by atoms with Gasteiger partial charge in [0.25, 0.3) is 0 Å². The van der Waals surface area contributed by atoms with Gasteiger partial charge in [-0.05, 0) is 59.0 Å². The summed E-state index contributed by atoms with van der Waals surface area (Å²) < 4.78 is 23.0. The second-order valence-electron chi connectivity index (χ2n) is 6.47. The molecule has 4 nitrogen and oxygen atoms in total. The lowest BCUT2D eigenvalue weighted by molar-refractivity contribution is -0.119. The van der Waals surface area contributed by atoms with Crippen molar-refractivity contribution in [2.75, 3.05) is 18.8 Å².